The molecule has 0 unspecified atom stereocenters. The highest BCUT2D eigenvalue weighted by Gasteiger charge is 2.22. The Kier molecular flexibility index (Phi) is 7.19. The van der Waals surface area contributed by atoms with Crippen LogP contribution in [0, 0.1) is 6.92 Å². The summed E-state index contributed by atoms with van der Waals surface area (Å²) in [7, 11) is 1.58. The third kappa shape index (κ3) is 5.54. The van der Waals surface area contributed by atoms with Crippen LogP contribution in [-0.4, -0.2) is 56.7 Å². The summed E-state index contributed by atoms with van der Waals surface area (Å²) in [6.45, 7) is 4.73. The molecule has 2 amide bonds. The van der Waals surface area contributed by atoms with E-state index < -0.39 is 0 Å². The van der Waals surface area contributed by atoms with Gasteiger partial charge >= 0.3 is 0 Å². The highest BCUT2D eigenvalue weighted by Crippen LogP contribution is 2.21. The Morgan fingerprint density at radius 2 is 1.86 bits per heavy atom. The Bertz CT molecular complexity index is 815. The van der Waals surface area contributed by atoms with Crippen LogP contribution in [0.1, 0.15) is 28.8 Å². The number of amides is 2. The van der Waals surface area contributed by atoms with Crippen molar-refractivity contribution in [3.05, 3.63) is 53.7 Å². The van der Waals surface area contributed by atoms with Gasteiger partial charge in [-0.15, -0.1) is 0 Å². The number of nitrogens with zero attached hydrogens (tertiary/aromatic N) is 3. The van der Waals surface area contributed by atoms with Gasteiger partial charge < -0.3 is 15.0 Å². The maximum absolute atomic E-state index is 13.2. The van der Waals surface area contributed by atoms with E-state index in [2.05, 4.69) is 15.2 Å². The average molecular weight is 396 g/mol. The zero-order valence-corrected chi connectivity index (χ0v) is 17.1. The van der Waals surface area contributed by atoms with Crippen molar-refractivity contribution >= 4 is 23.3 Å². The van der Waals surface area contributed by atoms with E-state index >= 15 is 0 Å². The summed E-state index contributed by atoms with van der Waals surface area (Å²) < 4.78 is 4.96. The molecule has 154 valence electrons. The molecule has 2 heterocycles. The average Bonchev–Trinajstić information content (AvgIpc) is 3.28. The van der Waals surface area contributed by atoms with Crippen LogP contribution >= 0.6 is 0 Å². The molecular weight excluding hydrogens is 368 g/mol. The fourth-order valence-corrected chi connectivity index (χ4v) is 3.30. The largest absolute Gasteiger partial charge is 0.383 e. The van der Waals surface area contributed by atoms with Gasteiger partial charge in [-0.1, -0.05) is 17.7 Å². The van der Waals surface area contributed by atoms with E-state index in [9.17, 15) is 9.59 Å². The molecule has 7 nitrogen and oxygen atoms in total. The van der Waals surface area contributed by atoms with Gasteiger partial charge in [0.1, 0.15) is 12.4 Å². The number of rotatable bonds is 8. The maximum Gasteiger partial charge on any atom is 0.260 e. The molecule has 0 aliphatic carbocycles. The van der Waals surface area contributed by atoms with Crippen molar-refractivity contribution in [2.24, 2.45) is 0 Å². The highest BCUT2D eigenvalue weighted by molar-refractivity contribution is 6.08. The van der Waals surface area contributed by atoms with Crippen molar-refractivity contribution in [3.8, 4) is 0 Å². The minimum absolute atomic E-state index is 0.0700. The quantitative estimate of drug-likeness (QED) is 0.694. The number of hydrogen-bond donors (Lipinski definition) is 1. The van der Waals surface area contributed by atoms with Gasteiger partial charge in [-0.05, 0) is 44.0 Å². The van der Waals surface area contributed by atoms with Gasteiger partial charge in [0.15, 0.2) is 0 Å². The topological polar surface area (TPSA) is 74.8 Å². The van der Waals surface area contributed by atoms with E-state index in [-0.39, 0.29) is 18.4 Å². The molecule has 7 heteroatoms. The lowest BCUT2D eigenvalue weighted by Gasteiger charge is -2.23. The van der Waals surface area contributed by atoms with Crippen molar-refractivity contribution in [2.75, 3.05) is 49.7 Å². The molecule has 1 aromatic carbocycles. The monoisotopic (exact) mass is 396 g/mol. The second kappa shape index (κ2) is 10.0. The summed E-state index contributed by atoms with van der Waals surface area (Å²) in [5, 5.41) is 2.77. The van der Waals surface area contributed by atoms with Crippen molar-refractivity contribution in [3.63, 3.8) is 0 Å². The predicted octanol–water partition coefficient (Wildman–Crippen LogP) is 2.40. The van der Waals surface area contributed by atoms with Gasteiger partial charge in [-0.3, -0.25) is 14.5 Å². The molecule has 1 aliphatic heterocycles. The number of hydrogen-bond acceptors (Lipinski definition) is 5. The van der Waals surface area contributed by atoms with E-state index in [0.29, 0.717) is 24.4 Å². The van der Waals surface area contributed by atoms with Gasteiger partial charge in [0.25, 0.3) is 5.91 Å². The van der Waals surface area contributed by atoms with Crippen LogP contribution in [0.25, 0.3) is 0 Å². The van der Waals surface area contributed by atoms with Crippen LogP contribution in [0.3, 0.4) is 0 Å². The Morgan fingerprint density at radius 3 is 2.48 bits per heavy atom. The third-order valence-electron chi connectivity index (χ3n) is 4.95. The van der Waals surface area contributed by atoms with Crippen molar-refractivity contribution < 1.29 is 14.3 Å². The van der Waals surface area contributed by atoms with Crippen LogP contribution < -0.4 is 15.1 Å². The van der Waals surface area contributed by atoms with E-state index in [0.717, 1.165) is 24.5 Å². The molecule has 0 radical (unpaired) electrons. The van der Waals surface area contributed by atoms with E-state index in [1.807, 2.05) is 37.3 Å². The van der Waals surface area contributed by atoms with Crippen molar-refractivity contribution in [1.82, 2.24) is 10.3 Å². The minimum Gasteiger partial charge on any atom is -0.383 e. The summed E-state index contributed by atoms with van der Waals surface area (Å²) in [6.07, 6.45) is 3.93. The second-order valence-corrected chi connectivity index (χ2v) is 7.17. The standard InChI is InChI=1S/C22H28N4O3/c1-17-5-8-19(9-6-17)26(16-21(27)23-11-14-29-2)22(28)18-7-10-20(24-15-18)25-12-3-4-13-25/h5-10,15H,3-4,11-14,16H2,1-2H3,(H,23,27). The lowest BCUT2D eigenvalue weighted by Crippen LogP contribution is -2.41. The van der Waals surface area contributed by atoms with Gasteiger partial charge in [0, 0.05) is 38.6 Å². The summed E-state index contributed by atoms with van der Waals surface area (Å²) in [5.41, 5.74) is 2.21. The summed E-state index contributed by atoms with van der Waals surface area (Å²) in [5.74, 6) is 0.395. The van der Waals surface area contributed by atoms with Gasteiger partial charge in [-0.25, -0.2) is 4.98 Å². The van der Waals surface area contributed by atoms with Gasteiger partial charge in [0.05, 0.1) is 12.2 Å². The summed E-state index contributed by atoms with van der Waals surface area (Å²) >= 11 is 0. The van der Waals surface area contributed by atoms with Crippen molar-refractivity contribution in [2.45, 2.75) is 19.8 Å². The van der Waals surface area contributed by atoms with Crippen molar-refractivity contribution in [1.29, 1.82) is 0 Å². The number of methoxy groups -OCH3 is 1. The molecular formula is C22H28N4O3. The molecule has 0 atom stereocenters. The Hall–Kier alpha value is -2.93. The number of ether oxygens (including phenoxy) is 1. The molecule has 3 rings (SSSR count). The number of pyridine rings is 1. The second-order valence-electron chi connectivity index (χ2n) is 7.17. The van der Waals surface area contributed by atoms with E-state index in [4.69, 9.17) is 4.74 Å². The molecule has 0 saturated carbocycles. The summed E-state index contributed by atoms with van der Waals surface area (Å²) in [4.78, 5) is 33.7. The molecule has 2 aromatic rings. The SMILES string of the molecule is COCCNC(=O)CN(C(=O)c1ccc(N2CCCC2)nc1)c1ccc(C)cc1. The molecule has 0 bridgehead atoms. The molecule has 1 aliphatic rings. The summed E-state index contributed by atoms with van der Waals surface area (Å²) in [6, 6.07) is 11.2. The zero-order chi connectivity index (χ0) is 20.6. The third-order valence-corrected chi connectivity index (χ3v) is 4.95. The number of carbonyl (C=O) groups excluding carboxylic acids is 2. The fourth-order valence-electron chi connectivity index (χ4n) is 3.30. The van der Waals surface area contributed by atoms with Crippen LogP contribution in [0.4, 0.5) is 11.5 Å². The molecule has 29 heavy (non-hydrogen) atoms. The molecule has 1 aromatic heterocycles. The first-order valence-corrected chi connectivity index (χ1v) is 9.93. The number of benzene rings is 1. The molecule has 1 fully saturated rings. The van der Waals surface area contributed by atoms with Gasteiger partial charge in [-0.2, -0.15) is 0 Å². The van der Waals surface area contributed by atoms with Crippen LogP contribution in [0.15, 0.2) is 42.6 Å². The van der Waals surface area contributed by atoms with Gasteiger partial charge in [0.2, 0.25) is 5.91 Å². The lowest BCUT2D eigenvalue weighted by atomic mass is 10.2. The van der Waals surface area contributed by atoms with Crippen LogP contribution in [0.5, 0.6) is 0 Å². The number of aromatic nitrogens is 1. The molecule has 1 saturated heterocycles. The molecule has 1 N–H and O–H groups in total. The Morgan fingerprint density at radius 1 is 1.14 bits per heavy atom. The first-order valence-electron chi connectivity index (χ1n) is 9.93. The van der Waals surface area contributed by atoms with Crippen LogP contribution in [0.2, 0.25) is 0 Å². The minimum atomic E-state index is -0.254. The molecule has 0 spiro atoms. The highest BCUT2D eigenvalue weighted by atomic mass is 16.5. The Balaban J connectivity index is 1.77. The smallest absolute Gasteiger partial charge is 0.260 e. The van der Waals surface area contributed by atoms with E-state index in [1.165, 1.54) is 17.7 Å². The predicted molar refractivity (Wildman–Crippen MR) is 113 cm³/mol. The number of carbonyl (C=O) groups is 2. The lowest BCUT2D eigenvalue weighted by molar-refractivity contribution is -0.119. The maximum atomic E-state index is 13.2. The van der Waals surface area contributed by atoms with Crippen LogP contribution in [-0.2, 0) is 9.53 Å². The first kappa shape index (κ1) is 20.8. The number of aryl methyl sites for hydroxylation is 1. The number of anilines is 2. The Labute approximate surface area is 171 Å². The zero-order valence-electron chi connectivity index (χ0n) is 17.1. The normalized spacial score (nSPS) is 13.4. The number of nitrogens with one attached hydrogen (secondary N) is 1. The van der Waals surface area contributed by atoms with E-state index in [1.54, 1.807) is 19.4 Å². The fraction of sp³-hybridized carbons (Fsp3) is 0.409. The first-order chi connectivity index (χ1) is 14.1.